The Balaban J connectivity index is 0.00000264. The van der Waals surface area contributed by atoms with E-state index in [4.69, 9.17) is 5.73 Å². The summed E-state index contributed by atoms with van der Waals surface area (Å²) in [7, 11) is 0. The normalized spacial score (nSPS) is 10.5. The smallest absolute Gasteiger partial charge is 0.269 e. The number of nitrogens with zero attached hydrogens (tertiary/aromatic N) is 2. The number of rotatable bonds is 6. The lowest BCUT2D eigenvalue weighted by atomic mass is 10.3. The van der Waals surface area contributed by atoms with Crippen LogP contribution in [0.4, 0.5) is 17.1 Å². The lowest BCUT2D eigenvalue weighted by molar-refractivity contribution is -0.384. The van der Waals surface area contributed by atoms with Crippen LogP contribution in [0, 0.1) is 10.1 Å². The Hall–Kier alpha value is -2.36. The highest BCUT2D eigenvalue weighted by molar-refractivity contribution is 14.0. The van der Waals surface area contributed by atoms with Gasteiger partial charge in [-0.3, -0.25) is 15.1 Å². The first-order valence-corrected chi connectivity index (χ1v) is 6.75. The molecule has 2 rings (SSSR count). The predicted octanol–water partition coefficient (Wildman–Crippen LogP) is 3.05. The molecule has 0 saturated carbocycles. The van der Waals surface area contributed by atoms with Gasteiger partial charge in [0.05, 0.1) is 11.5 Å². The van der Waals surface area contributed by atoms with E-state index in [1.807, 2.05) is 30.3 Å². The molecule has 0 aliphatic carbocycles. The zero-order valence-electron chi connectivity index (χ0n) is 12.3. The molecule has 2 aromatic rings. The molecule has 2 aromatic carbocycles. The van der Waals surface area contributed by atoms with Crippen LogP contribution < -0.4 is 16.4 Å². The van der Waals surface area contributed by atoms with E-state index >= 15 is 0 Å². The van der Waals surface area contributed by atoms with Crippen LogP contribution >= 0.6 is 24.0 Å². The molecule has 4 N–H and O–H groups in total. The van der Waals surface area contributed by atoms with E-state index in [2.05, 4.69) is 15.6 Å². The average Bonchev–Trinajstić information content (AvgIpc) is 2.53. The largest absolute Gasteiger partial charge is 0.383 e. The predicted molar refractivity (Wildman–Crippen MR) is 104 cm³/mol. The number of nitro groups is 1. The topological polar surface area (TPSA) is 106 Å². The Morgan fingerprint density at radius 1 is 1.09 bits per heavy atom. The van der Waals surface area contributed by atoms with Crippen LogP contribution in [-0.4, -0.2) is 24.0 Å². The van der Waals surface area contributed by atoms with Crippen LogP contribution in [0.5, 0.6) is 0 Å². The molecule has 0 heterocycles. The number of hydrogen-bond acceptors (Lipinski definition) is 4. The van der Waals surface area contributed by atoms with Crippen LogP contribution in [0.15, 0.2) is 59.6 Å². The van der Waals surface area contributed by atoms with Crippen molar-refractivity contribution in [1.82, 2.24) is 0 Å². The van der Waals surface area contributed by atoms with Crippen molar-refractivity contribution in [3.63, 3.8) is 0 Å². The minimum atomic E-state index is -0.427. The van der Waals surface area contributed by atoms with Gasteiger partial charge in [0.25, 0.3) is 5.69 Å². The van der Waals surface area contributed by atoms with Crippen molar-refractivity contribution < 1.29 is 4.92 Å². The summed E-state index contributed by atoms with van der Waals surface area (Å²) in [6.07, 6.45) is 0. The van der Waals surface area contributed by atoms with Gasteiger partial charge in [0.1, 0.15) is 0 Å². The van der Waals surface area contributed by atoms with Crippen molar-refractivity contribution in [2.75, 3.05) is 23.7 Å². The Labute approximate surface area is 151 Å². The summed E-state index contributed by atoms with van der Waals surface area (Å²) in [6.45, 7) is 1.07. The van der Waals surface area contributed by atoms with E-state index in [0.717, 1.165) is 11.4 Å². The summed E-state index contributed by atoms with van der Waals surface area (Å²) >= 11 is 0. The number of nitrogens with two attached hydrogens (primary N) is 1. The molecular weight excluding hydrogens is 409 g/mol. The van der Waals surface area contributed by atoms with Gasteiger partial charge < -0.3 is 16.4 Å². The molecule has 7 nitrogen and oxygen atoms in total. The van der Waals surface area contributed by atoms with Gasteiger partial charge in [0.15, 0.2) is 5.96 Å². The van der Waals surface area contributed by atoms with E-state index in [0.29, 0.717) is 19.0 Å². The molecule has 0 aliphatic rings. The summed E-state index contributed by atoms with van der Waals surface area (Å²) in [5.74, 6) is 0.344. The van der Waals surface area contributed by atoms with Crippen molar-refractivity contribution in [3.05, 3.63) is 64.7 Å². The third-order valence-corrected chi connectivity index (χ3v) is 2.85. The number of nitrogens with one attached hydrogen (secondary N) is 2. The van der Waals surface area contributed by atoms with E-state index in [-0.39, 0.29) is 29.7 Å². The van der Waals surface area contributed by atoms with E-state index in [1.54, 1.807) is 12.1 Å². The van der Waals surface area contributed by atoms with E-state index in [9.17, 15) is 10.1 Å². The summed E-state index contributed by atoms with van der Waals surface area (Å²) < 4.78 is 0. The lowest BCUT2D eigenvalue weighted by Crippen LogP contribution is -2.23. The second kappa shape index (κ2) is 9.62. The van der Waals surface area contributed by atoms with Gasteiger partial charge in [-0.1, -0.05) is 18.2 Å². The highest BCUT2D eigenvalue weighted by Crippen LogP contribution is 2.14. The number of non-ortho nitro benzene ring substituents is 1. The number of benzene rings is 2. The van der Waals surface area contributed by atoms with Gasteiger partial charge >= 0.3 is 0 Å². The van der Waals surface area contributed by atoms with Gasteiger partial charge in [0.2, 0.25) is 0 Å². The van der Waals surface area contributed by atoms with Crippen molar-refractivity contribution >= 4 is 47.0 Å². The molecule has 0 unspecified atom stereocenters. The van der Waals surface area contributed by atoms with Crippen molar-refractivity contribution in [2.45, 2.75) is 0 Å². The summed E-state index contributed by atoms with van der Waals surface area (Å²) in [4.78, 5) is 14.3. The molecule has 0 radical (unpaired) electrons. The van der Waals surface area contributed by atoms with Crippen LogP contribution in [0.25, 0.3) is 0 Å². The highest BCUT2D eigenvalue weighted by Gasteiger charge is 2.03. The average molecular weight is 427 g/mol. The molecule has 0 spiro atoms. The van der Waals surface area contributed by atoms with Crippen LogP contribution in [0.3, 0.4) is 0 Å². The lowest BCUT2D eigenvalue weighted by Gasteiger charge is -2.06. The maximum absolute atomic E-state index is 10.5. The molecule has 0 saturated heterocycles. The van der Waals surface area contributed by atoms with Gasteiger partial charge in [-0.2, -0.15) is 0 Å². The monoisotopic (exact) mass is 427 g/mol. The SMILES string of the molecule is I.NC(=NCCNc1ccc([N+](=O)[O-])cc1)Nc1ccccc1. The third kappa shape index (κ3) is 6.51. The second-order valence-corrected chi connectivity index (χ2v) is 4.49. The molecule has 0 aliphatic heterocycles. The standard InChI is InChI=1S/C15H17N5O2.HI/c16-15(19-13-4-2-1-3-5-13)18-11-10-17-12-6-8-14(9-7-12)20(21)22;/h1-9,17H,10-11H2,(H3,16,18,19);1H. The summed E-state index contributed by atoms with van der Waals surface area (Å²) in [5.41, 5.74) is 7.53. The van der Waals surface area contributed by atoms with Crippen molar-refractivity contribution in [2.24, 2.45) is 10.7 Å². The highest BCUT2D eigenvalue weighted by atomic mass is 127. The van der Waals surface area contributed by atoms with Crippen LogP contribution in [0.2, 0.25) is 0 Å². The van der Waals surface area contributed by atoms with E-state index in [1.165, 1.54) is 12.1 Å². The fourth-order valence-electron chi connectivity index (χ4n) is 1.79. The third-order valence-electron chi connectivity index (χ3n) is 2.85. The maximum Gasteiger partial charge on any atom is 0.269 e. The zero-order chi connectivity index (χ0) is 15.8. The molecule has 122 valence electrons. The number of anilines is 2. The minimum absolute atomic E-state index is 0. The molecule has 23 heavy (non-hydrogen) atoms. The molecule has 0 atom stereocenters. The first-order chi connectivity index (χ1) is 10.6. The number of halogens is 1. The van der Waals surface area contributed by atoms with Gasteiger partial charge in [-0.25, -0.2) is 0 Å². The zero-order valence-corrected chi connectivity index (χ0v) is 14.6. The minimum Gasteiger partial charge on any atom is -0.383 e. The van der Waals surface area contributed by atoms with Crippen molar-refractivity contribution in [1.29, 1.82) is 0 Å². The van der Waals surface area contributed by atoms with Gasteiger partial charge in [-0.15, -0.1) is 24.0 Å². The molecule has 0 fully saturated rings. The van der Waals surface area contributed by atoms with E-state index < -0.39 is 4.92 Å². The molecule has 8 heteroatoms. The fourth-order valence-corrected chi connectivity index (χ4v) is 1.79. The Morgan fingerprint density at radius 2 is 1.74 bits per heavy atom. The maximum atomic E-state index is 10.5. The number of aliphatic imine (C=N–C) groups is 1. The van der Waals surface area contributed by atoms with Gasteiger partial charge in [0, 0.05) is 30.1 Å². The molecule has 0 bridgehead atoms. The molecular formula is C15H18IN5O2. The number of nitro benzene ring substituents is 1. The van der Waals surface area contributed by atoms with Crippen LogP contribution in [0.1, 0.15) is 0 Å². The van der Waals surface area contributed by atoms with Crippen molar-refractivity contribution in [3.8, 4) is 0 Å². The second-order valence-electron chi connectivity index (χ2n) is 4.49. The Kier molecular flexibility index (Phi) is 7.81. The fraction of sp³-hybridized carbons (Fsp3) is 0.133. The number of guanidine groups is 1. The first kappa shape index (κ1) is 18.7. The summed E-state index contributed by atoms with van der Waals surface area (Å²) in [5, 5.41) is 16.6. The first-order valence-electron chi connectivity index (χ1n) is 6.75. The summed E-state index contributed by atoms with van der Waals surface area (Å²) in [6, 6.07) is 15.8. The van der Waals surface area contributed by atoms with Crippen LogP contribution in [-0.2, 0) is 0 Å². The Morgan fingerprint density at radius 3 is 2.35 bits per heavy atom. The quantitative estimate of drug-likeness (QED) is 0.164. The molecule has 0 amide bonds. The number of hydrogen-bond donors (Lipinski definition) is 3. The van der Waals surface area contributed by atoms with Gasteiger partial charge in [-0.05, 0) is 24.3 Å². The Bertz CT molecular complexity index is 647. The number of para-hydroxylation sites is 1. The molecule has 0 aromatic heterocycles.